The van der Waals surface area contributed by atoms with E-state index in [1.54, 1.807) is 16.4 Å². The Morgan fingerprint density at radius 1 is 1.28 bits per heavy atom. The van der Waals surface area contributed by atoms with Gasteiger partial charge in [0, 0.05) is 31.3 Å². The first-order valence-electron chi connectivity index (χ1n) is 5.86. The van der Waals surface area contributed by atoms with Crippen LogP contribution >= 0.6 is 0 Å². The summed E-state index contributed by atoms with van der Waals surface area (Å²) in [5.74, 6) is 0.522. The van der Waals surface area contributed by atoms with Crippen molar-refractivity contribution < 1.29 is 5.11 Å². The van der Waals surface area contributed by atoms with Crippen LogP contribution in [0.4, 0.5) is 0 Å². The lowest BCUT2D eigenvalue weighted by atomic mass is 9.88. The molecule has 0 bridgehead atoms. The van der Waals surface area contributed by atoms with Gasteiger partial charge in [0.2, 0.25) is 0 Å². The Hall–Kier alpha value is -1.69. The molecule has 0 aromatic carbocycles. The molecule has 1 N–H and O–H groups in total. The molecule has 0 aliphatic rings. The van der Waals surface area contributed by atoms with Crippen molar-refractivity contribution in [1.29, 1.82) is 0 Å². The van der Waals surface area contributed by atoms with E-state index in [1.807, 2.05) is 13.2 Å². The van der Waals surface area contributed by atoms with Crippen LogP contribution in [-0.4, -0.2) is 29.7 Å². The SMILES string of the molecule is Cn1cc(C(O)c2ncnn2C)c(C(C)(C)C)n1. The Labute approximate surface area is 106 Å². The second kappa shape index (κ2) is 4.20. The number of hydrogen-bond acceptors (Lipinski definition) is 4. The van der Waals surface area contributed by atoms with Crippen LogP contribution in [0.25, 0.3) is 0 Å². The second-order valence-corrected chi connectivity index (χ2v) is 5.50. The Morgan fingerprint density at radius 2 is 1.94 bits per heavy atom. The maximum absolute atomic E-state index is 10.4. The number of nitrogens with zero attached hydrogens (tertiary/aromatic N) is 5. The predicted octanol–water partition coefficient (Wildman–Crippen LogP) is 0.928. The van der Waals surface area contributed by atoms with E-state index in [2.05, 4.69) is 36.0 Å². The molecule has 0 aliphatic heterocycles. The first-order chi connectivity index (χ1) is 8.30. The zero-order valence-corrected chi connectivity index (χ0v) is 11.4. The lowest BCUT2D eigenvalue weighted by molar-refractivity contribution is 0.202. The van der Waals surface area contributed by atoms with Crippen molar-refractivity contribution in [2.24, 2.45) is 14.1 Å². The van der Waals surface area contributed by atoms with E-state index in [1.165, 1.54) is 6.33 Å². The Bertz CT molecular complexity index is 549. The Kier molecular flexibility index (Phi) is 2.98. The van der Waals surface area contributed by atoms with Crippen molar-refractivity contribution in [1.82, 2.24) is 24.5 Å². The molecule has 0 aliphatic carbocycles. The number of aliphatic hydroxyl groups excluding tert-OH is 1. The van der Waals surface area contributed by atoms with Gasteiger partial charge in [-0.05, 0) is 0 Å². The fourth-order valence-electron chi connectivity index (χ4n) is 1.98. The molecule has 0 saturated heterocycles. The Morgan fingerprint density at radius 3 is 2.44 bits per heavy atom. The highest BCUT2D eigenvalue weighted by Crippen LogP contribution is 2.30. The minimum Gasteiger partial charge on any atom is -0.380 e. The van der Waals surface area contributed by atoms with Gasteiger partial charge in [0.25, 0.3) is 0 Å². The van der Waals surface area contributed by atoms with Crippen molar-refractivity contribution in [3.05, 3.63) is 29.6 Å². The van der Waals surface area contributed by atoms with Crippen LogP contribution in [0.15, 0.2) is 12.5 Å². The van der Waals surface area contributed by atoms with Gasteiger partial charge in [0.15, 0.2) is 5.82 Å². The minimum absolute atomic E-state index is 0.129. The first kappa shape index (κ1) is 12.8. The highest BCUT2D eigenvalue weighted by molar-refractivity contribution is 5.29. The first-order valence-corrected chi connectivity index (χ1v) is 5.86. The standard InChI is InChI=1S/C12H19N5O/c1-12(2,3)10-8(6-16(4)15-10)9(18)11-13-7-14-17(11)5/h6-7,9,18H,1-5H3. The van der Waals surface area contributed by atoms with Gasteiger partial charge in [-0.3, -0.25) is 9.36 Å². The van der Waals surface area contributed by atoms with Gasteiger partial charge in [0.05, 0.1) is 5.69 Å². The van der Waals surface area contributed by atoms with E-state index in [-0.39, 0.29) is 5.41 Å². The summed E-state index contributed by atoms with van der Waals surface area (Å²) < 4.78 is 3.29. The quantitative estimate of drug-likeness (QED) is 0.859. The third-order valence-electron chi connectivity index (χ3n) is 2.85. The zero-order chi connectivity index (χ0) is 13.5. The topological polar surface area (TPSA) is 68.8 Å². The van der Waals surface area contributed by atoms with E-state index >= 15 is 0 Å². The van der Waals surface area contributed by atoms with Crippen molar-refractivity contribution in [2.75, 3.05) is 0 Å². The number of aliphatic hydroxyl groups is 1. The van der Waals surface area contributed by atoms with Gasteiger partial charge >= 0.3 is 0 Å². The van der Waals surface area contributed by atoms with Crippen molar-refractivity contribution in [3.63, 3.8) is 0 Å². The van der Waals surface area contributed by atoms with Crippen LogP contribution in [0.5, 0.6) is 0 Å². The molecule has 2 rings (SSSR count). The number of aryl methyl sites for hydroxylation is 2. The van der Waals surface area contributed by atoms with Gasteiger partial charge in [-0.15, -0.1) is 0 Å². The summed E-state index contributed by atoms with van der Waals surface area (Å²) in [5.41, 5.74) is 1.53. The number of aromatic nitrogens is 5. The molecular formula is C12H19N5O. The molecule has 0 saturated carbocycles. The highest BCUT2D eigenvalue weighted by atomic mass is 16.3. The molecule has 6 nitrogen and oxygen atoms in total. The van der Waals surface area contributed by atoms with E-state index in [4.69, 9.17) is 0 Å². The molecule has 18 heavy (non-hydrogen) atoms. The molecule has 0 fully saturated rings. The molecule has 1 unspecified atom stereocenters. The van der Waals surface area contributed by atoms with Crippen molar-refractivity contribution >= 4 is 0 Å². The molecule has 2 aromatic rings. The third kappa shape index (κ3) is 2.15. The monoisotopic (exact) mass is 249 g/mol. The molecule has 0 spiro atoms. The molecule has 1 atom stereocenters. The largest absolute Gasteiger partial charge is 0.380 e. The maximum Gasteiger partial charge on any atom is 0.160 e. The summed E-state index contributed by atoms with van der Waals surface area (Å²) in [4.78, 5) is 4.09. The van der Waals surface area contributed by atoms with Crippen molar-refractivity contribution in [3.8, 4) is 0 Å². The van der Waals surface area contributed by atoms with Gasteiger partial charge in [-0.1, -0.05) is 20.8 Å². The van der Waals surface area contributed by atoms with Crippen molar-refractivity contribution in [2.45, 2.75) is 32.3 Å². The van der Waals surface area contributed by atoms with E-state index in [0.29, 0.717) is 5.82 Å². The molecule has 2 heterocycles. The summed E-state index contributed by atoms with van der Waals surface area (Å²) in [5, 5.41) is 18.9. The molecule has 6 heteroatoms. The summed E-state index contributed by atoms with van der Waals surface area (Å²) in [7, 11) is 3.61. The van der Waals surface area contributed by atoms with Gasteiger partial charge in [-0.2, -0.15) is 10.2 Å². The van der Waals surface area contributed by atoms with E-state index < -0.39 is 6.10 Å². The Balaban J connectivity index is 2.49. The van der Waals surface area contributed by atoms with Crippen LogP contribution in [-0.2, 0) is 19.5 Å². The molecule has 0 amide bonds. The number of hydrogen-bond donors (Lipinski definition) is 1. The zero-order valence-electron chi connectivity index (χ0n) is 11.4. The summed E-state index contributed by atoms with van der Waals surface area (Å²) >= 11 is 0. The molecule has 98 valence electrons. The fraction of sp³-hybridized carbons (Fsp3) is 0.583. The third-order valence-corrected chi connectivity index (χ3v) is 2.85. The summed E-state index contributed by atoms with van der Waals surface area (Å²) in [6.07, 6.45) is 2.46. The minimum atomic E-state index is -0.805. The molecular weight excluding hydrogens is 230 g/mol. The summed E-state index contributed by atoms with van der Waals surface area (Å²) in [6, 6.07) is 0. The lowest BCUT2D eigenvalue weighted by Crippen LogP contribution is -2.18. The van der Waals surface area contributed by atoms with Crippen LogP contribution in [0.2, 0.25) is 0 Å². The second-order valence-electron chi connectivity index (χ2n) is 5.50. The average Bonchev–Trinajstić information content (AvgIpc) is 2.82. The van der Waals surface area contributed by atoms with Crippen LogP contribution < -0.4 is 0 Å². The lowest BCUT2D eigenvalue weighted by Gasteiger charge is -2.19. The van der Waals surface area contributed by atoms with Crippen LogP contribution in [0, 0.1) is 0 Å². The molecule has 0 radical (unpaired) electrons. The normalized spacial score (nSPS) is 13.9. The van der Waals surface area contributed by atoms with Gasteiger partial charge < -0.3 is 5.11 Å². The fourth-order valence-corrected chi connectivity index (χ4v) is 1.98. The number of rotatable bonds is 2. The molecule has 2 aromatic heterocycles. The maximum atomic E-state index is 10.4. The smallest absolute Gasteiger partial charge is 0.160 e. The van der Waals surface area contributed by atoms with E-state index in [0.717, 1.165) is 11.3 Å². The van der Waals surface area contributed by atoms with Gasteiger partial charge in [0.1, 0.15) is 12.4 Å². The van der Waals surface area contributed by atoms with Crippen LogP contribution in [0.3, 0.4) is 0 Å². The average molecular weight is 249 g/mol. The summed E-state index contributed by atoms with van der Waals surface area (Å²) in [6.45, 7) is 6.21. The van der Waals surface area contributed by atoms with Crippen LogP contribution in [0.1, 0.15) is 44.0 Å². The van der Waals surface area contributed by atoms with E-state index in [9.17, 15) is 5.11 Å². The predicted molar refractivity (Wildman–Crippen MR) is 67.0 cm³/mol. The highest BCUT2D eigenvalue weighted by Gasteiger charge is 2.28. The van der Waals surface area contributed by atoms with Gasteiger partial charge in [-0.25, -0.2) is 4.98 Å².